The maximum Gasteiger partial charge on any atom is 0.413 e. The number of carbonyl (C=O) groups excluding carboxylic acids is 1. The van der Waals surface area contributed by atoms with Crippen LogP contribution in [-0.2, 0) is 4.74 Å². The summed E-state index contributed by atoms with van der Waals surface area (Å²) in [6.45, 7) is 10.4. The van der Waals surface area contributed by atoms with E-state index in [0.717, 1.165) is 12.8 Å². The number of piperidine rings is 1. The lowest BCUT2D eigenvalue weighted by Crippen LogP contribution is -3.07. The zero-order chi connectivity index (χ0) is 15.0. The van der Waals surface area contributed by atoms with Gasteiger partial charge in [-0.15, -0.1) is 0 Å². The molecule has 1 atom stereocenters. The standard InChI is InChI=1S/C15H26N2O3/c1-12(2)8-15(9-13(3,4)16-12)14(5,19)17(10-6-7-10)11(18)20-15/h10,16,19H,6-9H2,1-5H3/p+1/t14-/m1/s1. The largest absolute Gasteiger partial charge is 0.437 e. The van der Waals surface area contributed by atoms with Crippen LogP contribution >= 0.6 is 0 Å². The molecule has 1 amide bonds. The Morgan fingerprint density at radius 2 is 1.65 bits per heavy atom. The SMILES string of the molecule is CC1(C)CC2(CC(C)(C)[NH2+]1)OC(=O)N(C1CC1)[C@]2(C)O. The number of nitrogens with zero attached hydrogens (tertiary/aromatic N) is 1. The van der Waals surface area contributed by atoms with Gasteiger partial charge in [-0.05, 0) is 47.5 Å². The van der Waals surface area contributed by atoms with Crippen molar-refractivity contribution < 1.29 is 20.0 Å². The first-order valence-corrected chi connectivity index (χ1v) is 7.60. The summed E-state index contributed by atoms with van der Waals surface area (Å²) in [4.78, 5) is 13.9. The third-order valence-electron chi connectivity index (χ3n) is 4.99. The van der Waals surface area contributed by atoms with Gasteiger partial charge in [0.15, 0.2) is 11.3 Å². The number of ether oxygens (including phenoxy) is 1. The fraction of sp³-hybridized carbons (Fsp3) is 0.933. The van der Waals surface area contributed by atoms with E-state index in [0.29, 0.717) is 12.8 Å². The average Bonchev–Trinajstić information content (AvgIpc) is 2.92. The first kappa shape index (κ1) is 14.1. The zero-order valence-electron chi connectivity index (χ0n) is 13.2. The summed E-state index contributed by atoms with van der Waals surface area (Å²) in [6.07, 6.45) is 2.95. The van der Waals surface area contributed by atoms with Crippen LogP contribution < -0.4 is 5.32 Å². The molecule has 3 rings (SSSR count). The van der Waals surface area contributed by atoms with Crippen molar-refractivity contribution in [3.8, 4) is 0 Å². The second-order valence-electron chi connectivity index (χ2n) is 8.46. The van der Waals surface area contributed by atoms with Crippen LogP contribution in [-0.4, -0.2) is 44.5 Å². The maximum absolute atomic E-state index is 12.3. The van der Waals surface area contributed by atoms with Crippen molar-refractivity contribution in [1.29, 1.82) is 0 Å². The molecule has 2 aliphatic heterocycles. The molecule has 0 bridgehead atoms. The lowest BCUT2D eigenvalue weighted by Gasteiger charge is -2.51. The average molecular weight is 283 g/mol. The van der Waals surface area contributed by atoms with Crippen LogP contribution in [0.1, 0.15) is 60.3 Å². The number of hydrogen-bond donors (Lipinski definition) is 2. The molecule has 3 N–H and O–H groups in total. The van der Waals surface area contributed by atoms with Gasteiger partial charge in [0.2, 0.25) is 0 Å². The number of rotatable bonds is 1. The number of carbonyl (C=O) groups is 1. The van der Waals surface area contributed by atoms with Gasteiger partial charge < -0.3 is 15.2 Å². The molecular formula is C15H27N2O3+. The van der Waals surface area contributed by atoms with Crippen molar-refractivity contribution in [1.82, 2.24) is 4.90 Å². The van der Waals surface area contributed by atoms with E-state index in [-0.39, 0.29) is 23.2 Å². The Morgan fingerprint density at radius 3 is 2.10 bits per heavy atom. The van der Waals surface area contributed by atoms with Crippen molar-refractivity contribution in [2.24, 2.45) is 0 Å². The fourth-order valence-electron chi connectivity index (χ4n) is 4.65. The zero-order valence-corrected chi connectivity index (χ0v) is 13.2. The van der Waals surface area contributed by atoms with Gasteiger partial charge in [0.05, 0.1) is 11.1 Å². The Hall–Kier alpha value is -0.810. The molecule has 114 valence electrons. The first-order valence-electron chi connectivity index (χ1n) is 7.60. The van der Waals surface area contributed by atoms with Crippen LogP contribution in [0.2, 0.25) is 0 Å². The molecule has 2 heterocycles. The van der Waals surface area contributed by atoms with Gasteiger partial charge in [0.25, 0.3) is 0 Å². The highest BCUT2D eigenvalue weighted by Crippen LogP contribution is 2.51. The van der Waals surface area contributed by atoms with Crippen LogP contribution in [0.3, 0.4) is 0 Å². The molecule has 1 aliphatic carbocycles. The van der Waals surface area contributed by atoms with Crippen molar-refractivity contribution in [2.75, 3.05) is 0 Å². The highest BCUT2D eigenvalue weighted by atomic mass is 16.6. The summed E-state index contributed by atoms with van der Waals surface area (Å²) in [6, 6.07) is 0.161. The van der Waals surface area contributed by atoms with Crippen LogP contribution in [0, 0.1) is 0 Å². The number of nitrogens with two attached hydrogens (primary N) is 1. The molecule has 0 aromatic heterocycles. The van der Waals surface area contributed by atoms with Gasteiger partial charge in [-0.3, -0.25) is 4.90 Å². The predicted molar refractivity (Wildman–Crippen MR) is 74.0 cm³/mol. The minimum atomic E-state index is -1.21. The topological polar surface area (TPSA) is 66.4 Å². The molecule has 1 saturated carbocycles. The fourth-order valence-corrected chi connectivity index (χ4v) is 4.65. The van der Waals surface area contributed by atoms with E-state index in [1.54, 1.807) is 11.8 Å². The lowest BCUT2D eigenvalue weighted by molar-refractivity contribution is -0.793. The van der Waals surface area contributed by atoms with Gasteiger partial charge >= 0.3 is 6.09 Å². The molecule has 0 unspecified atom stereocenters. The molecule has 0 aromatic rings. The summed E-state index contributed by atoms with van der Waals surface area (Å²) < 4.78 is 5.81. The number of amides is 1. The summed E-state index contributed by atoms with van der Waals surface area (Å²) in [5.74, 6) is 0. The molecule has 5 heteroatoms. The molecule has 20 heavy (non-hydrogen) atoms. The highest BCUT2D eigenvalue weighted by Gasteiger charge is 2.70. The molecule has 2 saturated heterocycles. The molecule has 0 aromatic carbocycles. The van der Waals surface area contributed by atoms with E-state index in [1.807, 2.05) is 0 Å². The van der Waals surface area contributed by atoms with Gasteiger partial charge in [0, 0.05) is 18.9 Å². The monoisotopic (exact) mass is 283 g/mol. The van der Waals surface area contributed by atoms with E-state index in [4.69, 9.17) is 4.74 Å². The van der Waals surface area contributed by atoms with E-state index in [9.17, 15) is 9.90 Å². The Kier molecular flexibility index (Phi) is 2.61. The summed E-state index contributed by atoms with van der Waals surface area (Å²) >= 11 is 0. The predicted octanol–water partition coefficient (Wildman–Crippen LogP) is 0.963. The Labute approximate surface area is 120 Å². The van der Waals surface area contributed by atoms with Crippen LogP contribution in [0.25, 0.3) is 0 Å². The Balaban J connectivity index is 2.00. The first-order chi connectivity index (χ1) is 8.98. The molecule has 0 radical (unpaired) electrons. The van der Waals surface area contributed by atoms with Gasteiger partial charge in [0.1, 0.15) is 0 Å². The summed E-state index contributed by atoms with van der Waals surface area (Å²) in [5.41, 5.74) is -2.14. The number of quaternary nitrogens is 1. The van der Waals surface area contributed by atoms with Gasteiger partial charge in [-0.25, -0.2) is 4.79 Å². The van der Waals surface area contributed by atoms with Crippen molar-refractivity contribution >= 4 is 6.09 Å². The lowest BCUT2D eigenvalue weighted by atomic mass is 9.68. The quantitative estimate of drug-likeness (QED) is 0.753. The van der Waals surface area contributed by atoms with Crippen molar-refractivity contribution in [3.63, 3.8) is 0 Å². The minimum absolute atomic E-state index is 0.0639. The Bertz CT molecular complexity index is 436. The van der Waals surface area contributed by atoms with E-state index < -0.39 is 11.3 Å². The Morgan fingerprint density at radius 1 is 1.15 bits per heavy atom. The van der Waals surface area contributed by atoms with Crippen molar-refractivity contribution in [2.45, 2.75) is 88.7 Å². The highest BCUT2D eigenvalue weighted by molar-refractivity contribution is 5.73. The summed E-state index contributed by atoms with van der Waals surface area (Å²) in [5, 5.41) is 13.5. The molecule has 3 aliphatic rings. The number of aliphatic hydroxyl groups is 1. The van der Waals surface area contributed by atoms with E-state index in [2.05, 4.69) is 33.0 Å². The molecular weight excluding hydrogens is 256 g/mol. The second kappa shape index (κ2) is 3.69. The molecule has 3 fully saturated rings. The van der Waals surface area contributed by atoms with Gasteiger partial charge in [-0.2, -0.15) is 0 Å². The van der Waals surface area contributed by atoms with Crippen LogP contribution in [0.15, 0.2) is 0 Å². The van der Waals surface area contributed by atoms with E-state index >= 15 is 0 Å². The van der Waals surface area contributed by atoms with Crippen LogP contribution in [0.4, 0.5) is 4.79 Å². The van der Waals surface area contributed by atoms with Crippen molar-refractivity contribution in [3.05, 3.63) is 0 Å². The van der Waals surface area contributed by atoms with Crippen LogP contribution in [0.5, 0.6) is 0 Å². The minimum Gasteiger partial charge on any atom is -0.437 e. The van der Waals surface area contributed by atoms with Gasteiger partial charge in [-0.1, -0.05) is 0 Å². The third-order valence-corrected chi connectivity index (χ3v) is 4.99. The summed E-state index contributed by atoms with van der Waals surface area (Å²) in [7, 11) is 0. The smallest absolute Gasteiger partial charge is 0.413 e. The number of hydrogen-bond acceptors (Lipinski definition) is 3. The normalized spacial score (nSPS) is 38.1. The molecule has 5 nitrogen and oxygen atoms in total. The second-order valence-corrected chi connectivity index (χ2v) is 8.46. The maximum atomic E-state index is 12.3. The van der Waals surface area contributed by atoms with E-state index in [1.165, 1.54) is 0 Å². The third kappa shape index (κ3) is 1.94. The molecule has 1 spiro atoms.